The molecule has 0 saturated carbocycles. The number of benzene rings is 1. The van der Waals surface area contributed by atoms with Gasteiger partial charge in [0.2, 0.25) is 11.7 Å². The quantitative estimate of drug-likeness (QED) is 0.489. The van der Waals surface area contributed by atoms with E-state index in [9.17, 15) is 0 Å². The Hall–Kier alpha value is -3.94. The second kappa shape index (κ2) is 6.41. The van der Waals surface area contributed by atoms with Gasteiger partial charge in [0.25, 0.3) is 0 Å². The predicted octanol–water partition coefficient (Wildman–Crippen LogP) is 2.71. The highest BCUT2D eigenvalue weighted by Gasteiger charge is 2.17. The first kappa shape index (κ1) is 15.3. The van der Waals surface area contributed by atoms with Crippen molar-refractivity contribution < 1.29 is 4.74 Å². The summed E-state index contributed by atoms with van der Waals surface area (Å²) in [6.07, 6.45) is 6.58. The molecule has 5 rings (SSSR count). The fourth-order valence-corrected chi connectivity index (χ4v) is 2.86. The van der Waals surface area contributed by atoms with Crippen molar-refractivity contribution in [2.24, 2.45) is 0 Å². The van der Waals surface area contributed by atoms with Crippen molar-refractivity contribution in [1.29, 1.82) is 0 Å². The third kappa shape index (κ3) is 2.73. The summed E-state index contributed by atoms with van der Waals surface area (Å²) < 4.78 is 7.63. The van der Waals surface area contributed by atoms with E-state index in [-0.39, 0.29) is 0 Å². The van der Waals surface area contributed by atoms with E-state index in [4.69, 9.17) is 4.74 Å². The Bertz CT molecular complexity index is 1220. The first-order valence-electron chi connectivity index (χ1n) is 8.33. The molecule has 1 aromatic carbocycles. The van der Waals surface area contributed by atoms with Crippen molar-refractivity contribution in [1.82, 2.24) is 34.8 Å². The SMILES string of the molecule is c1ccc(COc2nn3c(-c4cnccn4)nnc3c3ccccc23)nc1. The first-order valence-corrected chi connectivity index (χ1v) is 8.33. The number of hydrogen-bond acceptors (Lipinski definition) is 7. The molecule has 130 valence electrons. The van der Waals surface area contributed by atoms with Crippen molar-refractivity contribution in [3.05, 3.63) is 72.9 Å². The van der Waals surface area contributed by atoms with Gasteiger partial charge in [-0.3, -0.25) is 9.97 Å². The molecule has 0 unspecified atom stereocenters. The number of nitrogens with zero attached hydrogens (tertiary/aromatic N) is 7. The van der Waals surface area contributed by atoms with Crippen LogP contribution in [0.4, 0.5) is 0 Å². The van der Waals surface area contributed by atoms with Crippen LogP contribution in [0.3, 0.4) is 0 Å². The number of aromatic nitrogens is 7. The minimum Gasteiger partial charge on any atom is -0.470 e. The molecule has 8 nitrogen and oxygen atoms in total. The van der Waals surface area contributed by atoms with Crippen molar-refractivity contribution >= 4 is 16.4 Å². The number of fused-ring (bicyclic) bond motifs is 3. The van der Waals surface area contributed by atoms with Crippen LogP contribution in [0.1, 0.15) is 5.69 Å². The highest BCUT2D eigenvalue weighted by atomic mass is 16.5. The lowest BCUT2D eigenvalue weighted by Gasteiger charge is -2.09. The van der Waals surface area contributed by atoms with Gasteiger partial charge in [-0.1, -0.05) is 24.3 Å². The van der Waals surface area contributed by atoms with E-state index in [1.807, 2.05) is 42.5 Å². The molecule has 0 fully saturated rings. The van der Waals surface area contributed by atoms with Crippen LogP contribution in [0.2, 0.25) is 0 Å². The lowest BCUT2D eigenvalue weighted by molar-refractivity contribution is 0.289. The molecule has 0 aliphatic rings. The molecule has 0 amide bonds. The molecule has 27 heavy (non-hydrogen) atoms. The molecule has 0 atom stereocenters. The normalized spacial score (nSPS) is 11.1. The first-order chi connectivity index (χ1) is 13.4. The second-order valence-electron chi connectivity index (χ2n) is 5.81. The molecule has 0 N–H and O–H groups in total. The van der Waals surface area contributed by atoms with Crippen LogP contribution in [0.15, 0.2) is 67.3 Å². The van der Waals surface area contributed by atoms with Gasteiger partial charge in [0.15, 0.2) is 5.65 Å². The third-order valence-corrected chi connectivity index (χ3v) is 4.11. The summed E-state index contributed by atoms with van der Waals surface area (Å²) in [4.78, 5) is 12.7. The summed E-state index contributed by atoms with van der Waals surface area (Å²) >= 11 is 0. The van der Waals surface area contributed by atoms with Crippen molar-refractivity contribution in [2.75, 3.05) is 0 Å². The average Bonchev–Trinajstić information content (AvgIpc) is 3.17. The Morgan fingerprint density at radius 1 is 0.852 bits per heavy atom. The fourth-order valence-electron chi connectivity index (χ4n) is 2.86. The molecule has 4 heterocycles. The van der Waals surface area contributed by atoms with Crippen LogP contribution < -0.4 is 4.74 Å². The van der Waals surface area contributed by atoms with Gasteiger partial charge < -0.3 is 4.74 Å². The van der Waals surface area contributed by atoms with Crippen LogP contribution in [-0.2, 0) is 6.61 Å². The van der Waals surface area contributed by atoms with Crippen molar-refractivity contribution in [2.45, 2.75) is 6.61 Å². The largest absolute Gasteiger partial charge is 0.470 e. The van der Waals surface area contributed by atoms with Gasteiger partial charge in [-0.15, -0.1) is 15.3 Å². The highest BCUT2D eigenvalue weighted by Crippen LogP contribution is 2.28. The maximum absolute atomic E-state index is 5.99. The molecular formula is C19H13N7O. The predicted molar refractivity (Wildman–Crippen MR) is 97.9 cm³/mol. The van der Waals surface area contributed by atoms with E-state index in [1.165, 1.54) is 0 Å². The Morgan fingerprint density at radius 3 is 2.56 bits per heavy atom. The van der Waals surface area contributed by atoms with E-state index >= 15 is 0 Å². The molecule has 5 aromatic rings. The summed E-state index contributed by atoms with van der Waals surface area (Å²) in [6.45, 7) is 0.311. The summed E-state index contributed by atoms with van der Waals surface area (Å²) in [7, 11) is 0. The van der Waals surface area contributed by atoms with Gasteiger partial charge in [0, 0.05) is 29.4 Å². The Balaban J connectivity index is 1.66. The molecule has 0 radical (unpaired) electrons. The van der Waals surface area contributed by atoms with Crippen LogP contribution in [-0.4, -0.2) is 34.8 Å². The summed E-state index contributed by atoms with van der Waals surface area (Å²) in [5, 5.41) is 14.9. The molecular weight excluding hydrogens is 342 g/mol. The van der Waals surface area contributed by atoms with Crippen molar-refractivity contribution in [3.63, 3.8) is 0 Å². The monoisotopic (exact) mass is 355 g/mol. The van der Waals surface area contributed by atoms with E-state index in [0.29, 0.717) is 29.7 Å². The summed E-state index contributed by atoms with van der Waals surface area (Å²) in [5.41, 5.74) is 2.04. The topological polar surface area (TPSA) is 91.0 Å². The van der Waals surface area contributed by atoms with Gasteiger partial charge in [-0.2, -0.15) is 4.52 Å². The Morgan fingerprint density at radius 2 is 1.74 bits per heavy atom. The zero-order chi connectivity index (χ0) is 18.1. The Kier molecular flexibility index (Phi) is 3.64. The zero-order valence-electron chi connectivity index (χ0n) is 14.1. The smallest absolute Gasteiger partial charge is 0.240 e. The maximum atomic E-state index is 5.99. The van der Waals surface area contributed by atoms with Crippen LogP contribution in [0.25, 0.3) is 27.9 Å². The van der Waals surface area contributed by atoms with Crippen molar-refractivity contribution in [3.8, 4) is 17.4 Å². The molecule has 0 saturated heterocycles. The molecule has 0 aliphatic heterocycles. The van der Waals surface area contributed by atoms with Gasteiger partial charge in [0.1, 0.15) is 12.3 Å². The summed E-state index contributed by atoms with van der Waals surface area (Å²) in [5.74, 6) is 0.986. The van der Waals surface area contributed by atoms with Gasteiger partial charge in [-0.25, -0.2) is 4.98 Å². The molecule has 0 bridgehead atoms. The third-order valence-electron chi connectivity index (χ3n) is 4.11. The minimum atomic E-state index is 0.311. The fraction of sp³-hybridized carbons (Fsp3) is 0.0526. The van der Waals surface area contributed by atoms with E-state index < -0.39 is 0 Å². The van der Waals surface area contributed by atoms with E-state index in [0.717, 1.165) is 16.5 Å². The maximum Gasteiger partial charge on any atom is 0.240 e. The second-order valence-corrected chi connectivity index (χ2v) is 5.81. The highest BCUT2D eigenvalue weighted by molar-refractivity contribution is 5.96. The van der Waals surface area contributed by atoms with Gasteiger partial charge >= 0.3 is 0 Å². The Labute approximate surface area is 153 Å². The summed E-state index contributed by atoms with van der Waals surface area (Å²) in [6, 6.07) is 13.5. The van der Waals surface area contributed by atoms with Gasteiger partial charge in [0.05, 0.1) is 11.9 Å². The molecule has 0 spiro atoms. The molecule has 0 aliphatic carbocycles. The number of ether oxygens (including phenoxy) is 1. The zero-order valence-corrected chi connectivity index (χ0v) is 14.1. The van der Waals surface area contributed by atoms with Crippen LogP contribution in [0, 0.1) is 0 Å². The number of hydrogen-bond donors (Lipinski definition) is 0. The lowest BCUT2D eigenvalue weighted by Crippen LogP contribution is -2.04. The molecule has 8 heteroatoms. The van der Waals surface area contributed by atoms with Gasteiger partial charge in [-0.05, 0) is 18.2 Å². The van der Waals surface area contributed by atoms with Crippen LogP contribution in [0.5, 0.6) is 5.88 Å². The van der Waals surface area contributed by atoms with Crippen LogP contribution >= 0.6 is 0 Å². The number of pyridine rings is 1. The van der Waals surface area contributed by atoms with E-state index in [1.54, 1.807) is 29.3 Å². The average molecular weight is 355 g/mol. The standard InChI is InChI=1S/C19H13N7O/c1-2-7-15-14(6-1)17-23-24-18(16-11-20-9-10-22-16)26(17)25-19(15)27-12-13-5-3-4-8-21-13/h1-11H,12H2. The minimum absolute atomic E-state index is 0.311. The molecule has 4 aromatic heterocycles. The lowest BCUT2D eigenvalue weighted by atomic mass is 10.2. The van der Waals surface area contributed by atoms with E-state index in [2.05, 4.69) is 30.2 Å². The number of rotatable bonds is 4.